The number of benzene rings is 3. The third-order valence-electron chi connectivity index (χ3n) is 5.12. The van der Waals surface area contributed by atoms with Gasteiger partial charge in [0, 0.05) is 20.6 Å². The number of nitrogens with one attached hydrogen (secondary N) is 1. The van der Waals surface area contributed by atoms with Gasteiger partial charge >= 0.3 is 6.03 Å². The molecule has 0 unspecified atom stereocenters. The number of methoxy groups -OCH3 is 1. The quantitative estimate of drug-likeness (QED) is 0.270. The maximum atomic E-state index is 13.1. The molecule has 3 aromatic rings. The van der Waals surface area contributed by atoms with Crippen molar-refractivity contribution in [3.05, 3.63) is 91.4 Å². The van der Waals surface area contributed by atoms with E-state index in [9.17, 15) is 14.4 Å². The number of urea groups is 1. The molecule has 0 radical (unpaired) electrons. The molecular formula is C25H16Cl4N2O5. The molecule has 7 nitrogen and oxygen atoms in total. The van der Waals surface area contributed by atoms with Crippen LogP contribution >= 0.6 is 46.4 Å². The number of rotatable bonds is 6. The van der Waals surface area contributed by atoms with Gasteiger partial charge in [-0.2, -0.15) is 0 Å². The van der Waals surface area contributed by atoms with Gasteiger partial charge in [0.15, 0.2) is 11.5 Å². The van der Waals surface area contributed by atoms with Gasteiger partial charge in [-0.05, 0) is 54.1 Å². The summed E-state index contributed by atoms with van der Waals surface area (Å²) >= 11 is 24.6. The second kappa shape index (κ2) is 10.8. The Kier molecular flexibility index (Phi) is 7.76. The van der Waals surface area contributed by atoms with Crippen LogP contribution in [0.15, 0.2) is 60.2 Å². The average molecular weight is 566 g/mol. The number of ether oxygens (including phenoxy) is 2. The predicted octanol–water partition coefficient (Wildman–Crippen LogP) is 6.55. The van der Waals surface area contributed by atoms with Crippen molar-refractivity contribution < 1.29 is 23.9 Å². The molecule has 0 aliphatic carbocycles. The van der Waals surface area contributed by atoms with Gasteiger partial charge < -0.3 is 9.47 Å². The standard InChI is InChI=1S/C25H16Cl4N2O5/c1-35-21-9-13(8-20(29)22(21)36-12-14-5-6-16(27)11-19(14)28)7-18-23(32)30-25(34)31(24(18)33)17-4-2-3-15(26)10-17/h2-11H,12H2,1H3,(H,30,32,34)/b18-7+. The molecule has 0 spiro atoms. The zero-order chi connectivity index (χ0) is 26.0. The lowest BCUT2D eigenvalue weighted by Gasteiger charge is -2.26. The Hall–Kier alpha value is -3.23. The van der Waals surface area contributed by atoms with E-state index in [0.717, 1.165) is 4.90 Å². The van der Waals surface area contributed by atoms with E-state index in [-0.39, 0.29) is 34.4 Å². The molecule has 4 amide bonds. The molecule has 1 fully saturated rings. The van der Waals surface area contributed by atoms with Crippen LogP contribution < -0.4 is 19.7 Å². The smallest absolute Gasteiger partial charge is 0.335 e. The molecule has 0 saturated carbocycles. The Bertz CT molecular complexity index is 1420. The van der Waals surface area contributed by atoms with E-state index in [1.54, 1.807) is 36.4 Å². The van der Waals surface area contributed by atoms with Gasteiger partial charge in [-0.1, -0.05) is 58.5 Å². The summed E-state index contributed by atoms with van der Waals surface area (Å²) in [6.45, 7) is 0.0874. The minimum absolute atomic E-state index is 0.0874. The summed E-state index contributed by atoms with van der Waals surface area (Å²) in [5.41, 5.74) is 0.978. The molecule has 11 heteroatoms. The van der Waals surface area contributed by atoms with E-state index in [1.807, 2.05) is 0 Å². The normalized spacial score (nSPS) is 14.8. The third kappa shape index (κ3) is 5.44. The van der Waals surface area contributed by atoms with Crippen LogP contribution in [0.4, 0.5) is 10.5 Å². The highest BCUT2D eigenvalue weighted by molar-refractivity contribution is 6.40. The van der Waals surface area contributed by atoms with Crippen molar-refractivity contribution in [1.29, 1.82) is 0 Å². The van der Waals surface area contributed by atoms with Crippen LogP contribution in [0.25, 0.3) is 6.08 Å². The van der Waals surface area contributed by atoms with Gasteiger partial charge in [-0.3, -0.25) is 14.9 Å². The van der Waals surface area contributed by atoms with Gasteiger partial charge in [0.1, 0.15) is 12.2 Å². The van der Waals surface area contributed by atoms with Gasteiger partial charge in [0.25, 0.3) is 11.8 Å². The molecule has 1 saturated heterocycles. The van der Waals surface area contributed by atoms with E-state index in [0.29, 0.717) is 26.2 Å². The summed E-state index contributed by atoms with van der Waals surface area (Å²) in [5.74, 6) is -1.18. The number of carbonyl (C=O) groups is 3. The summed E-state index contributed by atoms with van der Waals surface area (Å²) in [5, 5.41) is 3.57. The van der Waals surface area contributed by atoms with E-state index in [4.69, 9.17) is 55.9 Å². The lowest BCUT2D eigenvalue weighted by Crippen LogP contribution is -2.54. The maximum Gasteiger partial charge on any atom is 0.335 e. The summed E-state index contributed by atoms with van der Waals surface area (Å²) in [6.07, 6.45) is 1.30. The van der Waals surface area contributed by atoms with Crippen molar-refractivity contribution in [3.63, 3.8) is 0 Å². The molecule has 0 atom stereocenters. The molecule has 1 N–H and O–H groups in total. The molecule has 3 aromatic carbocycles. The second-order valence-corrected chi connectivity index (χ2v) is 9.18. The Balaban J connectivity index is 1.64. The molecule has 1 aliphatic rings. The molecule has 0 aromatic heterocycles. The largest absolute Gasteiger partial charge is 0.493 e. The number of carbonyl (C=O) groups excluding carboxylic acids is 3. The van der Waals surface area contributed by atoms with Crippen molar-refractivity contribution in [2.75, 3.05) is 12.0 Å². The van der Waals surface area contributed by atoms with Crippen LogP contribution in [-0.4, -0.2) is 25.0 Å². The number of halogens is 4. The van der Waals surface area contributed by atoms with Gasteiger partial charge in [0.05, 0.1) is 17.8 Å². The fraction of sp³-hybridized carbons (Fsp3) is 0.0800. The summed E-state index contributed by atoms with van der Waals surface area (Å²) in [6, 6.07) is 13.3. The van der Waals surface area contributed by atoms with Gasteiger partial charge in [-0.25, -0.2) is 9.69 Å². The Morgan fingerprint density at radius 1 is 0.917 bits per heavy atom. The minimum Gasteiger partial charge on any atom is -0.493 e. The lowest BCUT2D eigenvalue weighted by atomic mass is 10.1. The van der Waals surface area contributed by atoms with E-state index < -0.39 is 17.8 Å². The lowest BCUT2D eigenvalue weighted by molar-refractivity contribution is -0.122. The van der Waals surface area contributed by atoms with Crippen molar-refractivity contribution >= 4 is 76.0 Å². The first-order valence-electron chi connectivity index (χ1n) is 10.3. The zero-order valence-electron chi connectivity index (χ0n) is 18.5. The van der Waals surface area contributed by atoms with E-state index in [1.165, 1.54) is 31.4 Å². The highest BCUT2D eigenvalue weighted by Crippen LogP contribution is 2.38. The molecule has 0 bridgehead atoms. The zero-order valence-corrected chi connectivity index (χ0v) is 21.5. The number of barbiturate groups is 1. The van der Waals surface area contributed by atoms with Gasteiger partial charge in [0.2, 0.25) is 0 Å². The topological polar surface area (TPSA) is 84.9 Å². The average Bonchev–Trinajstić information content (AvgIpc) is 2.81. The molecule has 36 heavy (non-hydrogen) atoms. The van der Waals surface area contributed by atoms with Crippen LogP contribution in [0.5, 0.6) is 11.5 Å². The summed E-state index contributed by atoms with van der Waals surface area (Å²) < 4.78 is 11.2. The van der Waals surface area contributed by atoms with Crippen LogP contribution in [0, 0.1) is 0 Å². The maximum absolute atomic E-state index is 13.1. The molecule has 4 rings (SSSR count). The number of imide groups is 2. The third-order valence-corrected chi connectivity index (χ3v) is 6.22. The highest BCUT2D eigenvalue weighted by Gasteiger charge is 2.37. The van der Waals surface area contributed by atoms with Crippen molar-refractivity contribution in [1.82, 2.24) is 5.32 Å². The molecule has 1 heterocycles. The van der Waals surface area contributed by atoms with E-state index in [2.05, 4.69) is 5.32 Å². The van der Waals surface area contributed by atoms with Gasteiger partial charge in [-0.15, -0.1) is 0 Å². The van der Waals surface area contributed by atoms with Crippen molar-refractivity contribution in [2.45, 2.75) is 6.61 Å². The fourth-order valence-corrected chi connectivity index (χ4v) is 4.35. The van der Waals surface area contributed by atoms with Crippen LogP contribution in [0.1, 0.15) is 11.1 Å². The summed E-state index contributed by atoms with van der Waals surface area (Å²) in [4.78, 5) is 38.8. The Labute approximate surface area is 226 Å². The molecule has 184 valence electrons. The Morgan fingerprint density at radius 2 is 1.67 bits per heavy atom. The number of hydrogen-bond acceptors (Lipinski definition) is 5. The minimum atomic E-state index is -0.885. The monoisotopic (exact) mass is 564 g/mol. The Morgan fingerprint density at radius 3 is 2.36 bits per heavy atom. The predicted molar refractivity (Wildman–Crippen MR) is 139 cm³/mol. The first kappa shape index (κ1) is 25.9. The SMILES string of the molecule is COc1cc(/C=C2\C(=O)NC(=O)N(c3cccc(Cl)c3)C2=O)cc(Cl)c1OCc1ccc(Cl)cc1Cl. The first-order valence-corrected chi connectivity index (χ1v) is 11.8. The second-order valence-electron chi connectivity index (χ2n) is 7.50. The number of amides is 4. The van der Waals surface area contributed by atoms with Crippen LogP contribution in [0.3, 0.4) is 0 Å². The molecular weight excluding hydrogens is 550 g/mol. The first-order chi connectivity index (χ1) is 17.2. The number of nitrogens with zero attached hydrogens (tertiary/aromatic N) is 1. The summed E-state index contributed by atoms with van der Waals surface area (Å²) in [7, 11) is 1.42. The number of anilines is 1. The molecule has 1 aliphatic heterocycles. The fourth-order valence-electron chi connectivity index (χ4n) is 3.43. The van der Waals surface area contributed by atoms with Crippen molar-refractivity contribution in [2.24, 2.45) is 0 Å². The van der Waals surface area contributed by atoms with Crippen LogP contribution in [0.2, 0.25) is 20.1 Å². The van der Waals surface area contributed by atoms with Crippen LogP contribution in [-0.2, 0) is 16.2 Å². The highest BCUT2D eigenvalue weighted by atomic mass is 35.5. The van der Waals surface area contributed by atoms with E-state index >= 15 is 0 Å². The number of hydrogen-bond donors (Lipinski definition) is 1. The van der Waals surface area contributed by atoms with Crippen molar-refractivity contribution in [3.8, 4) is 11.5 Å².